The first-order valence-electron chi connectivity index (χ1n) is 22.8. The van der Waals surface area contributed by atoms with E-state index in [0.717, 1.165) is 57.8 Å². The summed E-state index contributed by atoms with van der Waals surface area (Å²) in [6.07, 6.45) is 11.7. The molecule has 2 saturated heterocycles. The van der Waals surface area contributed by atoms with Crippen LogP contribution in [0.5, 0.6) is 0 Å². The van der Waals surface area contributed by atoms with Gasteiger partial charge in [0.15, 0.2) is 12.6 Å². The summed E-state index contributed by atoms with van der Waals surface area (Å²) in [4.78, 5) is 12.9. The molecule has 338 valence electrons. The van der Waals surface area contributed by atoms with Crippen molar-refractivity contribution in [2.24, 2.45) is 0 Å². The Hall–Kier alpha value is -1.01. The second kappa shape index (κ2) is 31.8. The molecule has 14 heteroatoms. The lowest BCUT2D eigenvalue weighted by Crippen LogP contribution is -2.65. The smallest absolute Gasteiger partial charge is 0.220 e. The van der Waals surface area contributed by atoms with Gasteiger partial charge in [0.2, 0.25) is 5.91 Å². The van der Waals surface area contributed by atoms with Crippen LogP contribution in [-0.4, -0.2) is 140 Å². The van der Waals surface area contributed by atoms with E-state index in [2.05, 4.69) is 19.2 Å². The number of nitrogens with one attached hydrogen (secondary N) is 1. The Morgan fingerprint density at radius 3 is 1.49 bits per heavy atom. The maximum atomic E-state index is 12.9. The van der Waals surface area contributed by atoms with Crippen molar-refractivity contribution in [2.75, 3.05) is 19.8 Å². The summed E-state index contributed by atoms with van der Waals surface area (Å²) in [6, 6.07) is -0.817. The molecule has 57 heavy (non-hydrogen) atoms. The molecule has 0 bridgehead atoms. The van der Waals surface area contributed by atoms with Gasteiger partial charge in [-0.3, -0.25) is 4.79 Å². The molecule has 0 saturated carbocycles. The SMILES string of the molecule is CCCCCCCCCCCCCCCCCCCCC(O)C(COC1OC(CO)C(OC2OC(CO)C(O)C(O)C2O)C(O)C1O)NC(=O)CCCCCCC. The molecule has 0 aromatic heterocycles. The maximum absolute atomic E-state index is 12.9. The Balaban J connectivity index is 1.79. The Bertz CT molecular complexity index is 977. The van der Waals surface area contributed by atoms with Crippen LogP contribution >= 0.6 is 0 Å². The third-order valence-electron chi connectivity index (χ3n) is 11.6. The van der Waals surface area contributed by atoms with E-state index in [9.17, 15) is 45.6 Å². The molecule has 0 radical (unpaired) electrons. The summed E-state index contributed by atoms with van der Waals surface area (Å²) in [5.41, 5.74) is 0. The van der Waals surface area contributed by atoms with Crippen LogP contribution in [0.1, 0.15) is 174 Å². The lowest BCUT2D eigenvalue weighted by Gasteiger charge is -2.46. The Morgan fingerprint density at radius 2 is 1.00 bits per heavy atom. The van der Waals surface area contributed by atoms with Crippen molar-refractivity contribution in [3.8, 4) is 0 Å². The first-order chi connectivity index (χ1) is 27.6. The van der Waals surface area contributed by atoms with Crippen LogP contribution in [0.2, 0.25) is 0 Å². The quantitative estimate of drug-likeness (QED) is 0.0414. The van der Waals surface area contributed by atoms with Gasteiger partial charge in [-0.05, 0) is 12.8 Å². The molecule has 9 N–H and O–H groups in total. The highest BCUT2D eigenvalue weighted by Gasteiger charge is 2.51. The van der Waals surface area contributed by atoms with Crippen LogP contribution < -0.4 is 5.32 Å². The number of aliphatic hydroxyl groups excluding tert-OH is 8. The highest BCUT2D eigenvalue weighted by atomic mass is 16.7. The van der Waals surface area contributed by atoms with Crippen LogP contribution in [0, 0.1) is 0 Å². The monoisotopic (exact) mass is 822 g/mol. The zero-order valence-electron chi connectivity index (χ0n) is 35.3. The van der Waals surface area contributed by atoms with E-state index >= 15 is 0 Å². The maximum Gasteiger partial charge on any atom is 0.220 e. The van der Waals surface area contributed by atoms with Crippen LogP contribution in [-0.2, 0) is 23.7 Å². The van der Waals surface area contributed by atoms with Crippen LogP contribution in [0.25, 0.3) is 0 Å². The zero-order valence-corrected chi connectivity index (χ0v) is 35.3. The number of aliphatic hydroxyl groups is 8. The van der Waals surface area contributed by atoms with E-state index in [1.807, 2.05) is 0 Å². The topological polar surface area (TPSA) is 228 Å². The minimum absolute atomic E-state index is 0.219. The van der Waals surface area contributed by atoms with Gasteiger partial charge in [-0.1, -0.05) is 155 Å². The second-order valence-corrected chi connectivity index (χ2v) is 16.5. The number of hydrogen-bond acceptors (Lipinski definition) is 13. The van der Waals surface area contributed by atoms with E-state index < -0.39 is 86.8 Å². The second-order valence-electron chi connectivity index (χ2n) is 16.5. The van der Waals surface area contributed by atoms with Gasteiger partial charge in [0.05, 0.1) is 32.0 Å². The first-order valence-corrected chi connectivity index (χ1v) is 22.8. The summed E-state index contributed by atoms with van der Waals surface area (Å²) in [5.74, 6) is -0.219. The van der Waals surface area contributed by atoms with Crippen molar-refractivity contribution in [3.05, 3.63) is 0 Å². The molecule has 1 amide bonds. The predicted octanol–water partition coefficient (Wildman–Crippen LogP) is 4.27. The molecule has 0 aromatic rings. The zero-order chi connectivity index (χ0) is 41.8. The van der Waals surface area contributed by atoms with Crippen LogP contribution in [0.3, 0.4) is 0 Å². The highest BCUT2D eigenvalue weighted by Crippen LogP contribution is 2.30. The van der Waals surface area contributed by atoms with Crippen molar-refractivity contribution < 1.29 is 64.6 Å². The van der Waals surface area contributed by atoms with E-state index in [1.165, 1.54) is 89.9 Å². The lowest BCUT2D eigenvalue weighted by molar-refractivity contribution is -0.359. The third-order valence-corrected chi connectivity index (χ3v) is 11.6. The number of ether oxygens (including phenoxy) is 4. The fourth-order valence-corrected chi connectivity index (χ4v) is 7.76. The van der Waals surface area contributed by atoms with E-state index in [0.29, 0.717) is 12.8 Å². The molecular formula is C43H83NO13. The van der Waals surface area contributed by atoms with Gasteiger partial charge in [0.1, 0.15) is 48.8 Å². The van der Waals surface area contributed by atoms with Gasteiger partial charge < -0.3 is 65.1 Å². The molecule has 2 rings (SSSR count). The van der Waals surface area contributed by atoms with E-state index in [1.54, 1.807) is 0 Å². The largest absolute Gasteiger partial charge is 0.394 e. The minimum Gasteiger partial charge on any atom is -0.394 e. The fraction of sp³-hybridized carbons (Fsp3) is 0.977. The normalized spacial score (nSPS) is 29.0. The van der Waals surface area contributed by atoms with Crippen molar-refractivity contribution in [3.63, 3.8) is 0 Å². The molecule has 2 fully saturated rings. The van der Waals surface area contributed by atoms with Crippen molar-refractivity contribution in [2.45, 2.75) is 248 Å². The number of carbonyl (C=O) groups is 1. The first kappa shape index (κ1) is 52.1. The predicted molar refractivity (Wildman–Crippen MR) is 217 cm³/mol. The van der Waals surface area contributed by atoms with Gasteiger partial charge in [-0.2, -0.15) is 0 Å². The minimum atomic E-state index is -1.78. The Kier molecular flexibility index (Phi) is 29.1. The number of hydrogen-bond donors (Lipinski definition) is 9. The highest BCUT2D eigenvalue weighted by molar-refractivity contribution is 5.76. The molecule has 2 aliphatic rings. The van der Waals surface area contributed by atoms with Gasteiger partial charge in [-0.25, -0.2) is 0 Å². The summed E-state index contributed by atoms with van der Waals surface area (Å²) in [6.45, 7) is 2.74. The Labute approximate surface area is 343 Å². The molecule has 2 heterocycles. The summed E-state index contributed by atoms with van der Waals surface area (Å²) in [7, 11) is 0. The van der Waals surface area contributed by atoms with Crippen LogP contribution in [0.4, 0.5) is 0 Å². The molecule has 12 unspecified atom stereocenters. The lowest BCUT2D eigenvalue weighted by atomic mass is 9.97. The molecule has 0 aliphatic carbocycles. The van der Waals surface area contributed by atoms with Crippen LogP contribution in [0.15, 0.2) is 0 Å². The number of unbranched alkanes of at least 4 members (excludes halogenated alkanes) is 21. The van der Waals surface area contributed by atoms with Gasteiger partial charge in [0, 0.05) is 6.42 Å². The van der Waals surface area contributed by atoms with Crippen molar-refractivity contribution in [1.29, 1.82) is 0 Å². The molecule has 0 aromatic carbocycles. The fourth-order valence-electron chi connectivity index (χ4n) is 7.76. The van der Waals surface area contributed by atoms with E-state index in [4.69, 9.17) is 18.9 Å². The summed E-state index contributed by atoms with van der Waals surface area (Å²) >= 11 is 0. The average molecular weight is 822 g/mol. The number of carbonyl (C=O) groups excluding carboxylic acids is 1. The number of amides is 1. The van der Waals surface area contributed by atoms with Gasteiger partial charge in [-0.15, -0.1) is 0 Å². The van der Waals surface area contributed by atoms with Crippen molar-refractivity contribution in [1.82, 2.24) is 5.32 Å². The molecule has 0 spiro atoms. The molecule has 2 aliphatic heterocycles. The standard InChI is InChI=1S/C43H83NO13/c1-3-5-7-9-10-11-12-13-14-15-16-17-18-19-20-21-23-24-26-32(47)31(44-35(48)27-25-22-8-6-4-2)30-54-42-40(53)38(51)41(34(29-46)56-42)57-43-39(52)37(50)36(49)33(28-45)55-43/h31-34,36-43,45-47,49-53H,3-30H2,1-2H3,(H,44,48). The third kappa shape index (κ3) is 20.4. The molecular weight excluding hydrogens is 738 g/mol. The summed E-state index contributed by atoms with van der Waals surface area (Å²) < 4.78 is 22.6. The number of rotatable bonds is 34. The average Bonchev–Trinajstić information content (AvgIpc) is 3.21. The van der Waals surface area contributed by atoms with E-state index in [-0.39, 0.29) is 12.5 Å². The Morgan fingerprint density at radius 1 is 0.561 bits per heavy atom. The van der Waals surface area contributed by atoms with Gasteiger partial charge in [0.25, 0.3) is 0 Å². The van der Waals surface area contributed by atoms with Crippen molar-refractivity contribution >= 4 is 5.91 Å². The summed E-state index contributed by atoms with van der Waals surface area (Å²) in [5, 5.41) is 86.3. The molecule has 14 nitrogen and oxygen atoms in total. The molecule has 12 atom stereocenters. The van der Waals surface area contributed by atoms with Gasteiger partial charge >= 0.3 is 0 Å².